The van der Waals surface area contributed by atoms with Gasteiger partial charge in [-0.05, 0) is 37.3 Å². The van der Waals surface area contributed by atoms with Crippen molar-refractivity contribution in [1.82, 2.24) is 4.72 Å². The van der Waals surface area contributed by atoms with E-state index in [1.807, 2.05) is 0 Å². The predicted molar refractivity (Wildman–Crippen MR) is 109 cm³/mol. The number of rotatable bonds is 7. The molecule has 0 spiro atoms. The molecular formula is C20H19F3N2O7S. The smallest absolute Gasteiger partial charge is 0.402 e. The lowest BCUT2D eigenvalue weighted by Gasteiger charge is -2.19. The number of esters is 1. The number of hydrogen-bond acceptors (Lipinski definition) is 7. The van der Waals surface area contributed by atoms with Crippen molar-refractivity contribution in [1.29, 1.82) is 0 Å². The average molecular weight is 488 g/mol. The van der Waals surface area contributed by atoms with Crippen molar-refractivity contribution in [2.24, 2.45) is 0 Å². The van der Waals surface area contributed by atoms with Gasteiger partial charge in [0.2, 0.25) is 10.0 Å². The van der Waals surface area contributed by atoms with E-state index in [4.69, 9.17) is 14.2 Å². The van der Waals surface area contributed by atoms with Gasteiger partial charge in [0.15, 0.2) is 17.6 Å². The van der Waals surface area contributed by atoms with Crippen LogP contribution in [0.5, 0.6) is 11.5 Å². The predicted octanol–water partition coefficient (Wildman–Crippen LogP) is 2.48. The number of fused-ring (bicyclic) bond motifs is 1. The number of nitrogens with one attached hydrogen (secondary N) is 2. The monoisotopic (exact) mass is 488 g/mol. The molecule has 1 aliphatic rings. The van der Waals surface area contributed by atoms with Crippen molar-refractivity contribution in [2.75, 3.05) is 25.1 Å². The van der Waals surface area contributed by atoms with E-state index in [1.54, 1.807) is 18.2 Å². The third-order valence-corrected chi connectivity index (χ3v) is 5.70. The summed E-state index contributed by atoms with van der Waals surface area (Å²) in [6.07, 6.45) is -6.02. The highest BCUT2D eigenvalue weighted by Crippen LogP contribution is 2.32. The zero-order valence-electron chi connectivity index (χ0n) is 17.1. The Labute approximate surface area is 186 Å². The minimum Gasteiger partial charge on any atom is -0.486 e. The highest BCUT2D eigenvalue weighted by atomic mass is 32.2. The molecule has 1 aliphatic heterocycles. The van der Waals surface area contributed by atoms with Crippen LogP contribution < -0.4 is 19.5 Å². The van der Waals surface area contributed by atoms with Gasteiger partial charge >= 0.3 is 12.1 Å². The molecule has 1 amide bonds. The minimum atomic E-state index is -4.75. The van der Waals surface area contributed by atoms with E-state index >= 15 is 0 Å². The van der Waals surface area contributed by atoms with Crippen LogP contribution in [0.1, 0.15) is 17.3 Å². The summed E-state index contributed by atoms with van der Waals surface area (Å²) < 4.78 is 78.3. The molecule has 3 rings (SSSR count). The number of alkyl halides is 3. The highest BCUT2D eigenvalue weighted by Gasteiger charge is 2.30. The summed E-state index contributed by atoms with van der Waals surface area (Å²) in [4.78, 5) is 24.2. The molecule has 13 heteroatoms. The zero-order chi connectivity index (χ0) is 24.2. The van der Waals surface area contributed by atoms with Crippen molar-refractivity contribution in [3.8, 4) is 11.5 Å². The Kier molecular flexibility index (Phi) is 7.12. The summed E-state index contributed by atoms with van der Waals surface area (Å²) >= 11 is 0. The second-order valence-electron chi connectivity index (χ2n) is 6.86. The van der Waals surface area contributed by atoms with Gasteiger partial charge in [-0.3, -0.25) is 4.79 Å². The van der Waals surface area contributed by atoms with Crippen LogP contribution in [0.25, 0.3) is 0 Å². The molecule has 0 aromatic heterocycles. The number of anilines is 1. The SMILES string of the molecule is C[C@H](OC(=O)c1cccc(S(=O)(=O)NCC(F)(F)F)c1)C(=O)Nc1ccc2c(c1)OCCO2. The molecule has 0 bridgehead atoms. The molecule has 0 fully saturated rings. The summed E-state index contributed by atoms with van der Waals surface area (Å²) in [5, 5.41) is 2.55. The number of carbonyl (C=O) groups is 2. The fourth-order valence-electron chi connectivity index (χ4n) is 2.70. The van der Waals surface area contributed by atoms with E-state index in [9.17, 15) is 31.2 Å². The van der Waals surface area contributed by atoms with E-state index in [1.165, 1.54) is 23.8 Å². The lowest BCUT2D eigenvalue weighted by atomic mass is 10.2. The summed E-state index contributed by atoms with van der Waals surface area (Å²) in [6, 6.07) is 8.97. The number of hydrogen-bond donors (Lipinski definition) is 2. The van der Waals surface area contributed by atoms with Crippen molar-refractivity contribution in [3.63, 3.8) is 0 Å². The molecule has 0 saturated carbocycles. The van der Waals surface area contributed by atoms with E-state index in [-0.39, 0.29) is 5.56 Å². The van der Waals surface area contributed by atoms with E-state index in [2.05, 4.69) is 5.32 Å². The van der Waals surface area contributed by atoms with Gasteiger partial charge < -0.3 is 19.5 Å². The Morgan fingerprint density at radius 3 is 2.48 bits per heavy atom. The van der Waals surface area contributed by atoms with Crippen LogP contribution in [0.15, 0.2) is 47.4 Å². The number of halogens is 3. The number of amides is 1. The Hall–Kier alpha value is -3.32. The first-order valence-electron chi connectivity index (χ1n) is 9.52. The van der Waals surface area contributed by atoms with Gasteiger partial charge in [0, 0.05) is 11.8 Å². The topological polar surface area (TPSA) is 120 Å². The van der Waals surface area contributed by atoms with Crippen LogP contribution in [-0.4, -0.2) is 52.3 Å². The molecule has 1 heterocycles. The zero-order valence-corrected chi connectivity index (χ0v) is 18.0. The molecule has 178 valence electrons. The summed E-state index contributed by atoms with van der Waals surface area (Å²) in [7, 11) is -4.52. The third-order valence-electron chi connectivity index (χ3n) is 4.31. The molecule has 2 aromatic carbocycles. The summed E-state index contributed by atoms with van der Waals surface area (Å²) in [5.41, 5.74) is 0.111. The Morgan fingerprint density at radius 1 is 1.09 bits per heavy atom. The van der Waals surface area contributed by atoms with Gasteiger partial charge in [-0.15, -0.1) is 0 Å². The van der Waals surface area contributed by atoms with E-state index in [0.29, 0.717) is 30.4 Å². The van der Waals surface area contributed by atoms with Crippen molar-refractivity contribution in [3.05, 3.63) is 48.0 Å². The number of ether oxygens (including phenoxy) is 3. The van der Waals surface area contributed by atoms with Gasteiger partial charge in [0.1, 0.15) is 19.8 Å². The maximum atomic E-state index is 12.4. The number of carbonyl (C=O) groups excluding carboxylic acids is 2. The number of benzene rings is 2. The largest absolute Gasteiger partial charge is 0.486 e. The van der Waals surface area contributed by atoms with Crippen molar-refractivity contribution < 1.29 is 45.4 Å². The van der Waals surface area contributed by atoms with Crippen molar-refractivity contribution >= 4 is 27.6 Å². The lowest BCUT2D eigenvalue weighted by molar-refractivity contribution is -0.124. The van der Waals surface area contributed by atoms with E-state index in [0.717, 1.165) is 12.1 Å². The van der Waals surface area contributed by atoms with Crippen LogP contribution in [0.3, 0.4) is 0 Å². The first-order valence-corrected chi connectivity index (χ1v) is 11.0. The minimum absolute atomic E-state index is 0.260. The van der Waals surface area contributed by atoms with Crippen LogP contribution in [0.2, 0.25) is 0 Å². The third kappa shape index (κ3) is 6.58. The second kappa shape index (κ2) is 9.67. The standard InChI is InChI=1S/C20H19F3N2O7S/c1-12(18(26)25-14-5-6-16-17(10-14)31-8-7-30-16)32-19(27)13-3-2-4-15(9-13)33(28,29)24-11-20(21,22)23/h2-6,9-10,12,24H,7-8,11H2,1H3,(H,25,26)/t12-/m0/s1. The number of sulfonamides is 1. The van der Waals surface area contributed by atoms with Gasteiger partial charge in [0.25, 0.3) is 5.91 Å². The normalized spacial score (nSPS) is 14.3. The molecule has 2 aromatic rings. The molecule has 2 N–H and O–H groups in total. The first-order chi connectivity index (χ1) is 15.4. The van der Waals surface area contributed by atoms with Gasteiger partial charge in [0.05, 0.1) is 10.5 Å². The first kappa shape index (κ1) is 24.3. The Morgan fingerprint density at radius 2 is 1.79 bits per heavy atom. The van der Waals surface area contributed by atoms with Crippen LogP contribution in [0, 0.1) is 0 Å². The summed E-state index contributed by atoms with van der Waals surface area (Å²) in [5.74, 6) is -0.734. The maximum absolute atomic E-state index is 12.4. The van der Waals surface area contributed by atoms with Crippen LogP contribution >= 0.6 is 0 Å². The molecule has 0 saturated heterocycles. The van der Waals surface area contributed by atoms with Gasteiger partial charge in [-0.1, -0.05) is 6.07 Å². The summed E-state index contributed by atoms with van der Waals surface area (Å²) in [6.45, 7) is 0.309. The molecule has 9 nitrogen and oxygen atoms in total. The fourth-order valence-corrected chi connectivity index (χ4v) is 3.76. The Balaban J connectivity index is 1.63. The second-order valence-corrected chi connectivity index (χ2v) is 8.63. The molecule has 33 heavy (non-hydrogen) atoms. The Bertz CT molecular complexity index is 1150. The lowest BCUT2D eigenvalue weighted by Crippen LogP contribution is -2.34. The van der Waals surface area contributed by atoms with Crippen LogP contribution in [-0.2, 0) is 19.6 Å². The fraction of sp³-hybridized carbons (Fsp3) is 0.300. The molecule has 0 radical (unpaired) electrons. The average Bonchev–Trinajstić information content (AvgIpc) is 2.77. The van der Waals surface area contributed by atoms with Crippen LogP contribution in [0.4, 0.5) is 18.9 Å². The molecule has 0 unspecified atom stereocenters. The maximum Gasteiger partial charge on any atom is 0.402 e. The molecule has 1 atom stereocenters. The molecular weight excluding hydrogens is 469 g/mol. The van der Waals surface area contributed by atoms with Gasteiger partial charge in [-0.2, -0.15) is 13.2 Å². The van der Waals surface area contributed by atoms with Crippen molar-refractivity contribution in [2.45, 2.75) is 24.1 Å². The van der Waals surface area contributed by atoms with Gasteiger partial charge in [-0.25, -0.2) is 17.9 Å². The quantitative estimate of drug-likeness (QED) is 0.575. The van der Waals surface area contributed by atoms with E-state index < -0.39 is 45.6 Å². The highest BCUT2D eigenvalue weighted by molar-refractivity contribution is 7.89. The molecule has 0 aliphatic carbocycles.